The molecule has 0 aliphatic carbocycles. The number of nitrogens with zero attached hydrogens (tertiary/aromatic N) is 1. The van der Waals surface area contributed by atoms with E-state index in [0.717, 1.165) is 24.4 Å². The zero-order chi connectivity index (χ0) is 18.7. The fraction of sp³-hybridized carbons (Fsp3) is 0.316. The van der Waals surface area contributed by atoms with Crippen molar-refractivity contribution in [1.82, 2.24) is 5.32 Å². The predicted octanol–water partition coefficient (Wildman–Crippen LogP) is 3.79. The Hall–Kier alpha value is -2.02. The lowest BCUT2D eigenvalue weighted by Gasteiger charge is -2.21. The van der Waals surface area contributed by atoms with Crippen LogP contribution in [-0.4, -0.2) is 39.3 Å². The van der Waals surface area contributed by atoms with Crippen molar-refractivity contribution < 1.29 is 14.3 Å². The van der Waals surface area contributed by atoms with Crippen LogP contribution >= 0.6 is 36.4 Å². The first-order chi connectivity index (χ1) is 12.5. The number of carbonyl (C=O) groups is 1. The first-order valence-corrected chi connectivity index (χ1v) is 8.73. The molecule has 0 saturated carbocycles. The van der Waals surface area contributed by atoms with Crippen molar-refractivity contribution in [3.8, 4) is 11.5 Å². The van der Waals surface area contributed by atoms with Crippen LogP contribution in [0.5, 0.6) is 11.5 Å². The molecule has 3 N–H and O–H groups in total. The van der Waals surface area contributed by atoms with Crippen LogP contribution in [0.3, 0.4) is 0 Å². The zero-order valence-corrected chi connectivity index (χ0v) is 18.0. The van der Waals surface area contributed by atoms with Gasteiger partial charge < -0.3 is 25.4 Å². The molecule has 9 heteroatoms. The summed E-state index contributed by atoms with van der Waals surface area (Å²) in [5.41, 5.74) is 7.56. The molecule has 1 unspecified atom stereocenters. The van der Waals surface area contributed by atoms with Crippen LogP contribution in [0.15, 0.2) is 36.4 Å². The van der Waals surface area contributed by atoms with E-state index in [1.54, 1.807) is 13.2 Å². The number of rotatable bonds is 5. The Bertz CT molecular complexity index is 820. The van der Waals surface area contributed by atoms with Gasteiger partial charge in [0, 0.05) is 25.2 Å². The molecule has 0 aromatic heterocycles. The van der Waals surface area contributed by atoms with Crippen molar-refractivity contribution in [3.63, 3.8) is 0 Å². The third kappa shape index (κ3) is 5.07. The van der Waals surface area contributed by atoms with E-state index in [9.17, 15) is 4.79 Å². The van der Waals surface area contributed by atoms with Gasteiger partial charge in [0.25, 0.3) is 5.91 Å². The van der Waals surface area contributed by atoms with Gasteiger partial charge in [-0.25, -0.2) is 0 Å². The highest BCUT2D eigenvalue weighted by Crippen LogP contribution is 2.31. The Morgan fingerprint density at radius 3 is 2.54 bits per heavy atom. The molecule has 1 amide bonds. The van der Waals surface area contributed by atoms with E-state index in [0.29, 0.717) is 28.6 Å². The molecule has 1 aliphatic rings. The van der Waals surface area contributed by atoms with Gasteiger partial charge in [-0.15, -0.1) is 24.8 Å². The summed E-state index contributed by atoms with van der Waals surface area (Å²) in [5, 5.41) is 3.38. The van der Waals surface area contributed by atoms with E-state index in [-0.39, 0.29) is 36.8 Å². The molecule has 1 heterocycles. The number of halogens is 3. The maximum absolute atomic E-state index is 12.7. The summed E-state index contributed by atoms with van der Waals surface area (Å²) in [6.07, 6.45) is 0.842. The second kappa shape index (κ2) is 10.5. The number of nitrogen functional groups attached to an aromatic ring is 1. The summed E-state index contributed by atoms with van der Waals surface area (Å²) >= 11 is 6.06. The normalized spacial score (nSPS) is 15.2. The summed E-state index contributed by atoms with van der Waals surface area (Å²) in [5.74, 6) is 1.01. The average Bonchev–Trinajstić information content (AvgIpc) is 3.11. The third-order valence-electron chi connectivity index (χ3n) is 4.51. The van der Waals surface area contributed by atoms with Gasteiger partial charge in [-0.1, -0.05) is 23.7 Å². The van der Waals surface area contributed by atoms with Crippen molar-refractivity contribution in [1.29, 1.82) is 0 Å². The molecule has 3 rings (SSSR count). The summed E-state index contributed by atoms with van der Waals surface area (Å²) in [6, 6.07) is 11.0. The Morgan fingerprint density at radius 1 is 1.18 bits per heavy atom. The fourth-order valence-electron chi connectivity index (χ4n) is 3.17. The average molecular weight is 449 g/mol. The lowest BCUT2D eigenvalue weighted by atomic mass is 10.1. The van der Waals surface area contributed by atoms with Crippen LogP contribution in [0.25, 0.3) is 0 Å². The van der Waals surface area contributed by atoms with Crippen LogP contribution in [0, 0.1) is 0 Å². The minimum atomic E-state index is -0.226. The molecular formula is C19H24Cl3N3O3. The fourth-order valence-corrected chi connectivity index (χ4v) is 3.33. The lowest BCUT2D eigenvalue weighted by molar-refractivity contribution is 0.0937. The number of ether oxygens (including phenoxy) is 2. The molecule has 154 valence electrons. The number of para-hydroxylation sites is 2. The van der Waals surface area contributed by atoms with Gasteiger partial charge in [-0.05, 0) is 24.6 Å². The SMILES string of the molecule is COc1cc(N)c(Cl)cc1C(=O)NC1CCN(c2ccccc2OC)C1.Cl.Cl. The quantitative estimate of drug-likeness (QED) is 0.681. The molecule has 6 nitrogen and oxygen atoms in total. The van der Waals surface area contributed by atoms with Crippen LogP contribution in [0.1, 0.15) is 16.8 Å². The molecule has 2 aromatic carbocycles. The highest BCUT2D eigenvalue weighted by molar-refractivity contribution is 6.33. The molecule has 0 bridgehead atoms. The third-order valence-corrected chi connectivity index (χ3v) is 4.84. The first-order valence-electron chi connectivity index (χ1n) is 8.35. The van der Waals surface area contributed by atoms with Gasteiger partial charge in [0.1, 0.15) is 11.5 Å². The number of benzene rings is 2. The number of anilines is 2. The number of hydrogen-bond donors (Lipinski definition) is 2. The Kier molecular flexibility index (Phi) is 9.01. The van der Waals surface area contributed by atoms with Gasteiger partial charge in [-0.2, -0.15) is 0 Å². The second-order valence-corrected chi connectivity index (χ2v) is 6.56. The van der Waals surface area contributed by atoms with Gasteiger partial charge in [0.2, 0.25) is 0 Å². The van der Waals surface area contributed by atoms with E-state index in [1.165, 1.54) is 13.2 Å². The van der Waals surface area contributed by atoms with E-state index in [1.807, 2.05) is 24.3 Å². The highest BCUT2D eigenvalue weighted by Gasteiger charge is 2.27. The standard InChI is InChI=1S/C19H22ClN3O3.2ClH/c1-25-17-6-4-3-5-16(17)23-8-7-12(11-23)22-19(24)13-9-14(20)15(21)10-18(13)26-2;;/h3-6,9-10,12H,7-8,11,21H2,1-2H3,(H,22,24);2*1H. The summed E-state index contributed by atoms with van der Waals surface area (Å²) < 4.78 is 10.7. The molecule has 0 spiro atoms. The minimum absolute atomic E-state index is 0. The number of nitrogens with two attached hydrogens (primary N) is 1. The van der Waals surface area contributed by atoms with Gasteiger partial charge in [-0.3, -0.25) is 4.79 Å². The van der Waals surface area contributed by atoms with Crippen molar-refractivity contribution >= 4 is 53.7 Å². The topological polar surface area (TPSA) is 76.8 Å². The van der Waals surface area contributed by atoms with Crippen LogP contribution in [0.4, 0.5) is 11.4 Å². The van der Waals surface area contributed by atoms with Crippen molar-refractivity contribution in [2.45, 2.75) is 12.5 Å². The zero-order valence-electron chi connectivity index (χ0n) is 15.6. The predicted molar refractivity (Wildman–Crippen MR) is 118 cm³/mol. The van der Waals surface area contributed by atoms with Gasteiger partial charge in [0.05, 0.1) is 36.2 Å². The van der Waals surface area contributed by atoms with E-state index >= 15 is 0 Å². The number of carbonyl (C=O) groups excluding carboxylic acids is 1. The molecule has 1 fully saturated rings. The number of nitrogens with one attached hydrogen (secondary N) is 1. The van der Waals surface area contributed by atoms with E-state index in [2.05, 4.69) is 10.2 Å². The Morgan fingerprint density at radius 2 is 1.86 bits per heavy atom. The molecule has 28 heavy (non-hydrogen) atoms. The molecular weight excluding hydrogens is 425 g/mol. The number of hydrogen-bond acceptors (Lipinski definition) is 5. The molecule has 0 radical (unpaired) electrons. The largest absolute Gasteiger partial charge is 0.496 e. The monoisotopic (exact) mass is 447 g/mol. The molecule has 1 atom stereocenters. The lowest BCUT2D eigenvalue weighted by Crippen LogP contribution is -2.37. The smallest absolute Gasteiger partial charge is 0.255 e. The summed E-state index contributed by atoms with van der Waals surface area (Å²) in [7, 11) is 3.16. The maximum Gasteiger partial charge on any atom is 0.255 e. The number of methoxy groups -OCH3 is 2. The Labute approximate surface area is 182 Å². The second-order valence-electron chi connectivity index (χ2n) is 6.15. The van der Waals surface area contributed by atoms with Crippen LogP contribution in [0.2, 0.25) is 5.02 Å². The van der Waals surface area contributed by atoms with Crippen molar-refractivity contribution in [3.05, 3.63) is 47.0 Å². The highest BCUT2D eigenvalue weighted by atomic mass is 35.5. The van der Waals surface area contributed by atoms with Crippen LogP contribution < -0.4 is 25.4 Å². The van der Waals surface area contributed by atoms with Crippen molar-refractivity contribution in [2.24, 2.45) is 0 Å². The maximum atomic E-state index is 12.7. The van der Waals surface area contributed by atoms with E-state index in [4.69, 9.17) is 26.8 Å². The van der Waals surface area contributed by atoms with Crippen LogP contribution in [-0.2, 0) is 0 Å². The summed E-state index contributed by atoms with van der Waals surface area (Å²) in [6.45, 7) is 1.54. The van der Waals surface area contributed by atoms with E-state index < -0.39 is 0 Å². The van der Waals surface area contributed by atoms with Crippen molar-refractivity contribution in [2.75, 3.05) is 37.9 Å². The van der Waals surface area contributed by atoms with Gasteiger partial charge in [0.15, 0.2) is 0 Å². The minimum Gasteiger partial charge on any atom is -0.496 e. The number of amides is 1. The molecule has 1 aliphatic heterocycles. The van der Waals surface area contributed by atoms with Gasteiger partial charge >= 0.3 is 0 Å². The Balaban J connectivity index is 0.00000196. The first kappa shape index (κ1) is 24.0. The molecule has 1 saturated heterocycles. The molecule has 2 aromatic rings. The summed E-state index contributed by atoms with van der Waals surface area (Å²) in [4.78, 5) is 14.9.